The Hall–Kier alpha value is -2.82. The SMILES string of the molecule is Cc1ccc(OCCCC(=O)N(CCc2ccccc2)C(C)C(=O)NC2CCCC2)cc1. The Morgan fingerprint density at radius 1 is 1.06 bits per heavy atom. The molecule has 0 radical (unpaired) electrons. The first-order chi connectivity index (χ1) is 15.5. The largest absolute Gasteiger partial charge is 0.494 e. The van der Waals surface area contributed by atoms with Crippen molar-refractivity contribution in [1.82, 2.24) is 10.2 Å². The molecule has 0 aromatic heterocycles. The molecule has 0 heterocycles. The lowest BCUT2D eigenvalue weighted by Crippen LogP contribution is -2.50. The molecule has 1 atom stereocenters. The van der Waals surface area contributed by atoms with E-state index in [0.29, 0.717) is 26.0 Å². The highest BCUT2D eigenvalue weighted by atomic mass is 16.5. The van der Waals surface area contributed by atoms with Gasteiger partial charge in [0.2, 0.25) is 11.8 Å². The third-order valence-corrected chi connectivity index (χ3v) is 6.18. The van der Waals surface area contributed by atoms with Crippen molar-refractivity contribution in [3.63, 3.8) is 0 Å². The van der Waals surface area contributed by atoms with E-state index in [2.05, 4.69) is 17.4 Å². The van der Waals surface area contributed by atoms with Crippen LogP contribution in [0.4, 0.5) is 0 Å². The highest BCUT2D eigenvalue weighted by Crippen LogP contribution is 2.18. The Morgan fingerprint density at radius 3 is 2.44 bits per heavy atom. The maximum absolute atomic E-state index is 13.1. The van der Waals surface area contributed by atoms with Crippen molar-refractivity contribution in [1.29, 1.82) is 0 Å². The second-order valence-electron chi connectivity index (χ2n) is 8.75. The van der Waals surface area contributed by atoms with Crippen molar-refractivity contribution in [3.05, 3.63) is 65.7 Å². The average molecular weight is 437 g/mol. The Kier molecular flexibility index (Phi) is 9.14. The zero-order valence-corrected chi connectivity index (χ0v) is 19.4. The van der Waals surface area contributed by atoms with Crippen molar-refractivity contribution in [3.8, 4) is 5.75 Å². The number of ether oxygens (including phenoxy) is 1. The van der Waals surface area contributed by atoms with Gasteiger partial charge in [-0.2, -0.15) is 0 Å². The predicted molar refractivity (Wildman–Crippen MR) is 128 cm³/mol. The Labute approximate surface area is 192 Å². The summed E-state index contributed by atoms with van der Waals surface area (Å²) in [6, 6.07) is 17.8. The molecule has 0 bridgehead atoms. The van der Waals surface area contributed by atoms with Crippen LogP contribution >= 0.6 is 0 Å². The quantitative estimate of drug-likeness (QED) is 0.521. The summed E-state index contributed by atoms with van der Waals surface area (Å²) < 4.78 is 5.77. The highest BCUT2D eigenvalue weighted by Gasteiger charge is 2.27. The fourth-order valence-corrected chi connectivity index (χ4v) is 4.15. The summed E-state index contributed by atoms with van der Waals surface area (Å²) in [7, 11) is 0. The standard InChI is InChI=1S/C27H36N2O3/c1-21-14-16-25(17-15-21)32-20-8-13-26(30)29(19-18-23-9-4-3-5-10-23)22(2)27(31)28-24-11-6-7-12-24/h3-5,9-10,14-17,22,24H,6-8,11-13,18-20H2,1-2H3,(H,28,31). The molecule has 1 aliphatic carbocycles. The molecule has 0 spiro atoms. The molecular formula is C27H36N2O3. The number of aryl methyl sites for hydroxylation is 1. The summed E-state index contributed by atoms with van der Waals surface area (Å²) in [6.07, 6.45) is 6.11. The molecular weight excluding hydrogens is 400 g/mol. The third-order valence-electron chi connectivity index (χ3n) is 6.18. The number of rotatable bonds is 11. The first-order valence-electron chi connectivity index (χ1n) is 11.9. The molecule has 3 rings (SSSR count). The smallest absolute Gasteiger partial charge is 0.242 e. The van der Waals surface area contributed by atoms with Crippen molar-refractivity contribution in [2.75, 3.05) is 13.2 Å². The van der Waals surface area contributed by atoms with E-state index in [9.17, 15) is 9.59 Å². The number of hydrogen-bond acceptors (Lipinski definition) is 3. The Balaban J connectivity index is 1.54. The summed E-state index contributed by atoms with van der Waals surface area (Å²) in [6.45, 7) is 4.89. The molecule has 5 heteroatoms. The van der Waals surface area contributed by atoms with Crippen LogP contribution in [-0.4, -0.2) is 41.9 Å². The number of carbonyl (C=O) groups is 2. The zero-order valence-electron chi connectivity index (χ0n) is 19.4. The Morgan fingerprint density at radius 2 is 1.75 bits per heavy atom. The maximum atomic E-state index is 13.1. The van der Waals surface area contributed by atoms with Crippen molar-refractivity contribution in [2.24, 2.45) is 0 Å². The van der Waals surface area contributed by atoms with Crippen LogP contribution in [0.1, 0.15) is 56.6 Å². The van der Waals surface area contributed by atoms with Gasteiger partial charge in [0.1, 0.15) is 11.8 Å². The second kappa shape index (κ2) is 12.3. The van der Waals surface area contributed by atoms with Crippen LogP contribution < -0.4 is 10.1 Å². The van der Waals surface area contributed by atoms with Crippen molar-refractivity contribution < 1.29 is 14.3 Å². The van der Waals surface area contributed by atoms with Crippen LogP contribution in [0.25, 0.3) is 0 Å². The number of hydrogen-bond donors (Lipinski definition) is 1. The first kappa shape index (κ1) is 23.8. The third kappa shape index (κ3) is 7.40. The van der Waals surface area contributed by atoms with Gasteiger partial charge in [0.25, 0.3) is 0 Å². The minimum absolute atomic E-state index is 0.00232. The molecule has 1 unspecified atom stereocenters. The van der Waals surface area contributed by atoms with Gasteiger partial charge in [-0.25, -0.2) is 0 Å². The monoisotopic (exact) mass is 436 g/mol. The van der Waals surface area contributed by atoms with E-state index < -0.39 is 6.04 Å². The van der Waals surface area contributed by atoms with Crippen molar-refractivity contribution in [2.45, 2.75) is 70.9 Å². The van der Waals surface area contributed by atoms with Gasteiger partial charge in [-0.15, -0.1) is 0 Å². The van der Waals surface area contributed by atoms with Crippen LogP contribution in [0.15, 0.2) is 54.6 Å². The van der Waals surface area contributed by atoms with Crippen LogP contribution in [0.2, 0.25) is 0 Å². The maximum Gasteiger partial charge on any atom is 0.242 e. The van der Waals surface area contributed by atoms with E-state index >= 15 is 0 Å². The molecule has 1 N–H and O–H groups in total. The van der Waals surface area contributed by atoms with Crippen LogP contribution in [-0.2, 0) is 16.0 Å². The Bertz CT molecular complexity index is 845. The summed E-state index contributed by atoms with van der Waals surface area (Å²) in [5.41, 5.74) is 2.35. The van der Waals surface area contributed by atoms with Crippen molar-refractivity contribution >= 4 is 11.8 Å². The molecule has 2 amide bonds. The molecule has 32 heavy (non-hydrogen) atoms. The van der Waals surface area contributed by atoms with Crippen LogP contribution in [0, 0.1) is 6.92 Å². The minimum Gasteiger partial charge on any atom is -0.494 e. The molecule has 1 saturated carbocycles. The van der Waals surface area contributed by atoms with E-state index in [1.807, 2.05) is 56.3 Å². The summed E-state index contributed by atoms with van der Waals surface area (Å²) in [4.78, 5) is 27.7. The summed E-state index contributed by atoms with van der Waals surface area (Å²) in [5.74, 6) is 0.769. The molecule has 1 fully saturated rings. The average Bonchev–Trinajstić information content (AvgIpc) is 3.31. The fraction of sp³-hybridized carbons (Fsp3) is 0.481. The lowest BCUT2D eigenvalue weighted by Gasteiger charge is -2.30. The van der Waals surface area contributed by atoms with Crippen LogP contribution in [0.5, 0.6) is 5.75 Å². The zero-order chi connectivity index (χ0) is 22.8. The molecule has 172 valence electrons. The summed E-state index contributed by atoms with van der Waals surface area (Å²) >= 11 is 0. The van der Waals surface area contributed by atoms with Gasteiger partial charge in [0.15, 0.2) is 0 Å². The van der Waals surface area contributed by atoms with Gasteiger partial charge in [-0.3, -0.25) is 9.59 Å². The van der Waals surface area contributed by atoms with E-state index in [0.717, 1.165) is 43.4 Å². The lowest BCUT2D eigenvalue weighted by atomic mass is 10.1. The van der Waals surface area contributed by atoms with Gasteiger partial charge >= 0.3 is 0 Å². The number of carbonyl (C=O) groups excluding carboxylic acids is 2. The highest BCUT2D eigenvalue weighted by molar-refractivity contribution is 5.87. The topological polar surface area (TPSA) is 58.6 Å². The molecule has 5 nitrogen and oxygen atoms in total. The molecule has 0 aliphatic heterocycles. The number of nitrogens with zero attached hydrogens (tertiary/aromatic N) is 1. The van der Waals surface area contributed by atoms with Gasteiger partial charge in [0.05, 0.1) is 6.61 Å². The first-order valence-corrected chi connectivity index (χ1v) is 11.9. The van der Waals surface area contributed by atoms with Gasteiger partial charge < -0.3 is 15.0 Å². The number of nitrogens with one attached hydrogen (secondary N) is 1. The fourth-order valence-electron chi connectivity index (χ4n) is 4.15. The molecule has 2 aromatic rings. The van der Waals surface area contributed by atoms with Gasteiger partial charge in [-0.05, 0) is 57.2 Å². The minimum atomic E-state index is -0.482. The van der Waals surface area contributed by atoms with E-state index in [-0.39, 0.29) is 17.9 Å². The molecule has 0 saturated heterocycles. The molecule has 1 aliphatic rings. The van der Waals surface area contributed by atoms with E-state index in [1.165, 1.54) is 5.56 Å². The summed E-state index contributed by atoms with van der Waals surface area (Å²) in [5, 5.41) is 3.15. The van der Waals surface area contributed by atoms with Gasteiger partial charge in [-0.1, -0.05) is 60.9 Å². The molecule has 2 aromatic carbocycles. The van der Waals surface area contributed by atoms with Crippen LogP contribution in [0.3, 0.4) is 0 Å². The second-order valence-corrected chi connectivity index (χ2v) is 8.75. The van der Waals surface area contributed by atoms with E-state index in [4.69, 9.17) is 4.74 Å². The number of amides is 2. The normalized spacial score (nSPS) is 14.7. The van der Waals surface area contributed by atoms with E-state index in [1.54, 1.807) is 4.90 Å². The lowest BCUT2D eigenvalue weighted by molar-refractivity contribution is -0.140. The predicted octanol–water partition coefficient (Wildman–Crippen LogP) is 4.67. The number of benzene rings is 2. The van der Waals surface area contributed by atoms with Gasteiger partial charge in [0, 0.05) is 19.0 Å².